The van der Waals surface area contributed by atoms with Crippen molar-refractivity contribution < 1.29 is 19.1 Å². The second-order valence-electron chi connectivity index (χ2n) is 7.21. The van der Waals surface area contributed by atoms with Crippen LogP contribution in [0.4, 0.5) is 0 Å². The van der Waals surface area contributed by atoms with Crippen LogP contribution in [0.3, 0.4) is 0 Å². The van der Waals surface area contributed by atoms with Gasteiger partial charge in [-0.3, -0.25) is 19.3 Å². The molecule has 2 heterocycles. The monoisotopic (exact) mass is 456 g/mol. The van der Waals surface area contributed by atoms with Gasteiger partial charge in [0, 0.05) is 23.2 Å². The van der Waals surface area contributed by atoms with Crippen LogP contribution in [0.15, 0.2) is 46.9 Å². The Morgan fingerprint density at radius 3 is 2.69 bits per heavy atom. The van der Waals surface area contributed by atoms with Gasteiger partial charge in [-0.1, -0.05) is 34.1 Å². The lowest BCUT2D eigenvalue weighted by molar-refractivity contribution is 0.0475. The maximum Gasteiger partial charge on any atom is 0.261 e. The van der Waals surface area contributed by atoms with Crippen LogP contribution in [0, 0.1) is 0 Å². The van der Waals surface area contributed by atoms with Crippen molar-refractivity contribution in [1.29, 1.82) is 0 Å². The zero-order valence-corrected chi connectivity index (χ0v) is 17.4. The SMILES string of the molecule is O=C(NCCc1ccccc1Br)c1ccc2c(c1)C(=O)N(CC1CCCO1)C2=O. The van der Waals surface area contributed by atoms with Gasteiger partial charge in [-0.2, -0.15) is 0 Å². The fraction of sp³-hybridized carbons (Fsp3) is 0.318. The Hall–Kier alpha value is -2.51. The van der Waals surface area contributed by atoms with Crippen LogP contribution in [0.25, 0.3) is 0 Å². The average Bonchev–Trinajstić information content (AvgIpc) is 3.32. The Balaban J connectivity index is 1.41. The third kappa shape index (κ3) is 4.11. The summed E-state index contributed by atoms with van der Waals surface area (Å²) in [5.74, 6) is -0.942. The van der Waals surface area contributed by atoms with E-state index in [0.29, 0.717) is 30.7 Å². The molecule has 6 nitrogen and oxygen atoms in total. The molecule has 0 aliphatic carbocycles. The number of amides is 3. The summed E-state index contributed by atoms with van der Waals surface area (Å²) in [5, 5.41) is 2.87. The average molecular weight is 457 g/mol. The highest BCUT2D eigenvalue weighted by atomic mass is 79.9. The molecule has 2 aromatic rings. The van der Waals surface area contributed by atoms with Crippen LogP contribution in [0.2, 0.25) is 0 Å². The van der Waals surface area contributed by atoms with E-state index in [1.54, 1.807) is 12.1 Å². The van der Waals surface area contributed by atoms with Gasteiger partial charge in [0.05, 0.1) is 23.8 Å². The van der Waals surface area contributed by atoms with Crippen LogP contribution in [0.1, 0.15) is 49.5 Å². The van der Waals surface area contributed by atoms with Crippen molar-refractivity contribution in [2.45, 2.75) is 25.4 Å². The van der Waals surface area contributed by atoms with Gasteiger partial charge in [-0.15, -0.1) is 0 Å². The molecular formula is C22H21BrN2O4. The minimum atomic E-state index is -0.358. The first kappa shape index (κ1) is 19.8. The molecule has 1 atom stereocenters. The van der Waals surface area contributed by atoms with Crippen LogP contribution < -0.4 is 5.32 Å². The van der Waals surface area contributed by atoms with Crippen molar-refractivity contribution in [3.8, 4) is 0 Å². The van der Waals surface area contributed by atoms with Crippen molar-refractivity contribution in [3.63, 3.8) is 0 Å². The summed E-state index contributed by atoms with van der Waals surface area (Å²) in [5.41, 5.74) is 2.10. The highest BCUT2D eigenvalue weighted by Gasteiger charge is 2.37. The molecule has 0 bridgehead atoms. The topological polar surface area (TPSA) is 75.7 Å². The Labute approximate surface area is 177 Å². The summed E-state index contributed by atoms with van der Waals surface area (Å²) in [6.07, 6.45) is 2.37. The van der Waals surface area contributed by atoms with E-state index < -0.39 is 0 Å². The lowest BCUT2D eigenvalue weighted by Gasteiger charge is -2.17. The first-order valence-corrected chi connectivity index (χ1v) is 10.5. The number of hydrogen-bond donors (Lipinski definition) is 1. The number of benzene rings is 2. The minimum absolute atomic E-state index is 0.0997. The summed E-state index contributed by atoms with van der Waals surface area (Å²) in [6, 6.07) is 12.5. The summed E-state index contributed by atoms with van der Waals surface area (Å²) < 4.78 is 6.55. The lowest BCUT2D eigenvalue weighted by Crippen LogP contribution is -2.36. The first-order chi connectivity index (χ1) is 14.0. The molecule has 7 heteroatoms. The molecule has 1 fully saturated rings. The normalized spacial score (nSPS) is 18.2. The van der Waals surface area contributed by atoms with Gasteiger partial charge >= 0.3 is 0 Å². The molecule has 0 aromatic heterocycles. The molecule has 0 saturated carbocycles. The molecule has 2 aliphatic heterocycles. The van der Waals surface area contributed by atoms with Gasteiger partial charge in [0.2, 0.25) is 0 Å². The number of rotatable bonds is 6. The van der Waals surface area contributed by atoms with Gasteiger partial charge in [-0.05, 0) is 49.1 Å². The molecule has 29 heavy (non-hydrogen) atoms. The molecule has 2 aromatic carbocycles. The van der Waals surface area contributed by atoms with Gasteiger partial charge in [0.15, 0.2) is 0 Å². The molecule has 0 radical (unpaired) electrons. The maximum absolute atomic E-state index is 12.7. The quantitative estimate of drug-likeness (QED) is 0.677. The number of ether oxygens (including phenoxy) is 1. The molecular weight excluding hydrogens is 436 g/mol. The maximum atomic E-state index is 12.7. The van der Waals surface area contributed by atoms with E-state index in [2.05, 4.69) is 21.2 Å². The van der Waals surface area contributed by atoms with Crippen LogP contribution in [0.5, 0.6) is 0 Å². The number of halogens is 1. The molecule has 1 saturated heterocycles. The van der Waals surface area contributed by atoms with Gasteiger partial charge in [0.25, 0.3) is 17.7 Å². The number of hydrogen-bond acceptors (Lipinski definition) is 4. The Morgan fingerprint density at radius 2 is 1.93 bits per heavy atom. The Kier molecular flexibility index (Phi) is 5.78. The van der Waals surface area contributed by atoms with E-state index >= 15 is 0 Å². The molecule has 3 amide bonds. The van der Waals surface area contributed by atoms with E-state index in [1.165, 1.54) is 11.0 Å². The highest BCUT2D eigenvalue weighted by molar-refractivity contribution is 9.10. The first-order valence-electron chi connectivity index (χ1n) is 9.68. The van der Waals surface area contributed by atoms with Crippen molar-refractivity contribution >= 4 is 33.7 Å². The van der Waals surface area contributed by atoms with Crippen LogP contribution >= 0.6 is 15.9 Å². The van der Waals surface area contributed by atoms with Crippen molar-refractivity contribution in [1.82, 2.24) is 10.2 Å². The summed E-state index contributed by atoms with van der Waals surface area (Å²) in [6.45, 7) is 1.40. The molecule has 0 spiro atoms. The second kappa shape index (κ2) is 8.47. The molecule has 1 unspecified atom stereocenters. The number of fused-ring (bicyclic) bond motifs is 1. The fourth-order valence-electron chi connectivity index (χ4n) is 3.70. The number of carbonyl (C=O) groups excluding carboxylic acids is 3. The summed E-state index contributed by atoms with van der Waals surface area (Å²) in [7, 11) is 0. The number of nitrogens with one attached hydrogen (secondary N) is 1. The minimum Gasteiger partial charge on any atom is -0.376 e. The van der Waals surface area contributed by atoms with E-state index in [1.807, 2.05) is 24.3 Å². The predicted octanol–water partition coefficient (Wildman–Crippen LogP) is 3.20. The third-order valence-electron chi connectivity index (χ3n) is 5.28. The van der Waals surface area contributed by atoms with Gasteiger partial charge in [-0.25, -0.2) is 0 Å². The summed E-state index contributed by atoms with van der Waals surface area (Å²) >= 11 is 3.50. The Morgan fingerprint density at radius 1 is 1.14 bits per heavy atom. The smallest absolute Gasteiger partial charge is 0.261 e. The predicted molar refractivity (Wildman–Crippen MR) is 111 cm³/mol. The number of imide groups is 1. The highest BCUT2D eigenvalue weighted by Crippen LogP contribution is 2.26. The van der Waals surface area contributed by atoms with Crippen molar-refractivity contribution in [2.75, 3.05) is 19.7 Å². The fourth-order valence-corrected chi connectivity index (χ4v) is 4.19. The van der Waals surface area contributed by atoms with Crippen LogP contribution in [-0.4, -0.2) is 48.4 Å². The lowest BCUT2D eigenvalue weighted by atomic mass is 10.1. The summed E-state index contributed by atoms with van der Waals surface area (Å²) in [4.78, 5) is 39.0. The third-order valence-corrected chi connectivity index (χ3v) is 6.05. The van der Waals surface area contributed by atoms with E-state index in [4.69, 9.17) is 4.74 Å². The van der Waals surface area contributed by atoms with E-state index in [9.17, 15) is 14.4 Å². The molecule has 150 valence electrons. The van der Waals surface area contributed by atoms with Gasteiger partial charge < -0.3 is 10.1 Å². The standard InChI is InChI=1S/C22H21BrN2O4/c23-19-6-2-1-4-14(19)9-10-24-20(26)15-7-8-17-18(12-15)22(28)25(21(17)27)13-16-5-3-11-29-16/h1-2,4,6-8,12,16H,3,5,9-11,13H2,(H,24,26). The van der Waals surface area contributed by atoms with Gasteiger partial charge in [0.1, 0.15) is 0 Å². The Bertz CT molecular complexity index is 969. The number of nitrogens with zero attached hydrogens (tertiary/aromatic N) is 1. The van der Waals surface area contributed by atoms with E-state index in [-0.39, 0.29) is 35.9 Å². The zero-order chi connectivity index (χ0) is 20.4. The largest absolute Gasteiger partial charge is 0.376 e. The zero-order valence-electron chi connectivity index (χ0n) is 15.8. The number of carbonyl (C=O) groups is 3. The van der Waals surface area contributed by atoms with Crippen LogP contribution in [-0.2, 0) is 11.2 Å². The molecule has 2 aliphatic rings. The second-order valence-corrected chi connectivity index (χ2v) is 8.07. The van der Waals surface area contributed by atoms with Crippen molar-refractivity contribution in [2.24, 2.45) is 0 Å². The molecule has 4 rings (SSSR count). The van der Waals surface area contributed by atoms with Crippen molar-refractivity contribution in [3.05, 3.63) is 69.2 Å². The molecule has 1 N–H and O–H groups in total. The van der Waals surface area contributed by atoms with E-state index in [0.717, 1.165) is 22.9 Å².